The normalized spacial score (nSPS) is 13.3. The smallest absolute Gasteiger partial charge is 0.140 e. The molecule has 56 heavy (non-hydrogen) atoms. The van der Waals surface area contributed by atoms with Crippen LogP contribution in [0.2, 0.25) is 0 Å². The van der Waals surface area contributed by atoms with Gasteiger partial charge in [-0.25, -0.2) is 0 Å². The van der Waals surface area contributed by atoms with Gasteiger partial charge in [-0.3, -0.25) is 0 Å². The number of fused-ring (bicyclic) bond motifs is 12. The van der Waals surface area contributed by atoms with Gasteiger partial charge in [-0.2, -0.15) is 0 Å². The zero-order valence-electron chi connectivity index (χ0n) is 31.2. The Kier molecular flexibility index (Phi) is 6.46. The van der Waals surface area contributed by atoms with E-state index in [4.69, 9.17) is 4.42 Å². The summed E-state index contributed by atoms with van der Waals surface area (Å²) in [5.74, 6) is 0. The molecule has 1 heteroatoms. The molecule has 1 heterocycles. The van der Waals surface area contributed by atoms with Crippen LogP contribution in [0.5, 0.6) is 0 Å². The molecular formula is C55H36O. The lowest BCUT2D eigenvalue weighted by Crippen LogP contribution is -2.15. The molecule has 0 bridgehead atoms. The summed E-state index contributed by atoms with van der Waals surface area (Å²) in [6.07, 6.45) is 0. The van der Waals surface area contributed by atoms with E-state index in [1.165, 1.54) is 109 Å². The predicted molar refractivity (Wildman–Crippen MR) is 238 cm³/mol. The van der Waals surface area contributed by atoms with Gasteiger partial charge in [-0.15, -0.1) is 0 Å². The molecule has 262 valence electrons. The summed E-state index contributed by atoms with van der Waals surface area (Å²) in [6.45, 7) is 4.72. The fraction of sp³-hybridized carbons (Fsp3) is 0.0545. The molecule has 0 radical (unpaired) electrons. The molecule has 1 aromatic heterocycles. The summed E-state index contributed by atoms with van der Waals surface area (Å²) in [4.78, 5) is 0. The molecule has 0 unspecified atom stereocenters. The second kappa shape index (κ2) is 11.5. The highest BCUT2D eigenvalue weighted by molar-refractivity contribution is 6.23. The van der Waals surface area contributed by atoms with Crippen molar-refractivity contribution in [2.75, 3.05) is 0 Å². The third-order valence-electron chi connectivity index (χ3n) is 12.6. The van der Waals surface area contributed by atoms with E-state index in [-0.39, 0.29) is 5.41 Å². The van der Waals surface area contributed by atoms with Crippen molar-refractivity contribution < 1.29 is 4.42 Å². The van der Waals surface area contributed by atoms with Gasteiger partial charge < -0.3 is 4.42 Å². The second-order valence-corrected chi connectivity index (χ2v) is 16.0. The first-order valence-electron chi connectivity index (χ1n) is 19.6. The van der Waals surface area contributed by atoms with Crippen LogP contribution in [0.4, 0.5) is 0 Å². The molecule has 0 saturated carbocycles. The van der Waals surface area contributed by atoms with Crippen LogP contribution in [0.15, 0.2) is 186 Å². The number of furan rings is 1. The van der Waals surface area contributed by atoms with Gasteiger partial charge in [0.15, 0.2) is 0 Å². The Morgan fingerprint density at radius 3 is 1.68 bits per heavy atom. The SMILES string of the molecule is CC1(C)c2ccccc2-c2c(-c3cccc(-c4c5ccccc5c(-c5ccc6ccccc6c5)c5ccccc45)c3)cc3c(oc4ccc5ccccc5c43)c21. The highest BCUT2D eigenvalue weighted by Gasteiger charge is 2.40. The average molecular weight is 713 g/mol. The summed E-state index contributed by atoms with van der Waals surface area (Å²) >= 11 is 0. The van der Waals surface area contributed by atoms with Crippen LogP contribution < -0.4 is 0 Å². The van der Waals surface area contributed by atoms with Crippen LogP contribution >= 0.6 is 0 Å². The zero-order chi connectivity index (χ0) is 37.1. The summed E-state index contributed by atoms with van der Waals surface area (Å²) in [6, 6.07) is 67.1. The first-order valence-corrected chi connectivity index (χ1v) is 19.6. The molecule has 0 amide bonds. The Balaban J connectivity index is 1.15. The van der Waals surface area contributed by atoms with Crippen LogP contribution in [0.1, 0.15) is 25.0 Å². The van der Waals surface area contributed by atoms with Crippen LogP contribution in [0, 0.1) is 0 Å². The number of benzene rings is 10. The quantitative estimate of drug-likeness (QED) is 0.166. The average Bonchev–Trinajstić information content (AvgIpc) is 3.74. The Bertz CT molecular complexity index is 3390. The maximum atomic E-state index is 6.92. The lowest BCUT2D eigenvalue weighted by Gasteiger charge is -2.22. The van der Waals surface area contributed by atoms with Crippen molar-refractivity contribution in [3.8, 4) is 44.5 Å². The van der Waals surface area contributed by atoms with Crippen molar-refractivity contribution in [3.05, 3.63) is 193 Å². The van der Waals surface area contributed by atoms with Crippen molar-refractivity contribution in [1.82, 2.24) is 0 Å². The number of hydrogen-bond donors (Lipinski definition) is 0. The fourth-order valence-corrected chi connectivity index (χ4v) is 10.1. The summed E-state index contributed by atoms with van der Waals surface area (Å²) < 4.78 is 6.92. The molecule has 0 aliphatic heterocycles. The van der Waals surface area contributed by atoms with Gasteiger partial charge in [0.25, 0.3) is 0 Å². The van der Waals surface area contributed by atoms with Gasteiger partial charge in [-0.05, 0) is 117 Å². The van der Waals surface area contributed by atoms with E-state index in [0.29, 0.717) is 0 Å². The third-order valence-corrected chi connectivity index (χ3v) is 12.6. The Morgan fingerprint density at radius 1 is 0.375 bits per heavy atom. The van der Waals surface area contributed by atoms with Gasteiger partial charge in [0, 0.05) is 21.8 Å². The van der Waals surface area contributed by atoms with Gasteiger partial charge >= 0.3 is 0 Å². The highest BCUT2D eigenvalue weighted by atomic mass is 16.3. The van der Waals surface area contributed by atoms with Crippen molar-refractivity contribution in [2.24, 2.45) is 0 Å². The van der Waals surface area contributed by atoms with Crippen molar-refractivity contribution in [1.29, 1.82) is 0 Å². The molecule has 0 fully saturated rings. The van der Waals surface area contributed by atoms with E-state index >= 15 is 0 Å². The lowest BCUT2D eigenvalue weighted by molar-refractivity contribution is 0.620. The van der Waals surface area contributed by atoms with Crippen LogP contribution in [0.25, 0.3) is 110 Å². The zero-order valence-corrected chi connectivity index (χ0v) is 31.2. The standard InChI is InChI=1S/C55H36O/c1-55(2)47-25-12-11-24-44(47)52-45(32-46-51-39-19-6-5-15-34(39)28-29-48(51)56-54(46)53(52)55)36-17-13-18-37(31-36)49-40-20-7-9-22-42(40)50(43-23-10-8-21-41(43)49)38-27-26-33-14-3-4-16-35(33)30-38/h3-32H,1-2H3. The van der Waals surface area contributed by atoms with Crippen LogP contribution in [-0.2, 0) is 5.41 Å². The van der Waals surface area contributed by atoms with Crippen LogP contribution in [-0.4, -0.2) is 0 Å². The largest absolute Gasteiger partial charge is 0.456 e. The number of hydrogen-bond acceptors (Lipinski definition) is 1. The van der Waals surface area contributed by atoms with E-state index < -0.39 is 0 Å². The minimum atomic E-state index is -0.244. The molecule has 1 aliphatic carbocycles. The van der Waals surface area contributed by atoms with E-state index in [0.717, 1.165) is 11.2 Å². The van der Waals surface area contributed by atoms with Gasteiger partial charge in [0.05, 0.1) is 0 Å². The molecule has 1 nitrogen and oxygen atoms in total. The highest BCUT2D eigenvalue weighted by Crippen LogP contribution is 2.56. The number of rotatable bonds is 3. The minimum absolute atomic E-state index is 0.244. The van der Waals surface area contributed by atoms with Gasteiger partial charge in [-0.1, -0.05) is 172 Å². The fourth-order valence-electron chi connectivity index (χ4n) is 10.1. The second-order valence-electron chi connectivity index (χ2n) is 16.0. The molecule has 0 N–H and O–H groups in total. The first-order chi connectivity index (χ1) is 27.5. The Morgan fingerprint density at radius 2 is 0.946 bits per heavy atom. The van der Waals surface area contributed by atoms with E-state index in [1.54, 1.807) is 0 Å². The van der Waals surface area contributed by atoms with Gasteiger partial charge in [0.2, 0.25) is 0 Å². The molecule has 11 aromatic rings. The predicted octanol–water partition coefficient (Wildman–Crippen LogP) is 15.5. The summed E-state index contributed by atoms with van der Waals surface area (Å²) in [5.41, 5.74) is 14.3. The minimum Gasteiger partial charge on any atom is -0.456 e. The maximum Gasteiger partial charge on any atom is 0.140 e. The van der Waals surface area contributed by atoms with Crippen molar-refractivity contribution >= 4 is 65.0 Å². The van der Waals surface area contributed by atoms with Crippen molar-refractivity contribution in [2.45, 2.75) is 19.3 Å². The van der Waals surface area contributed by atoms with Crippen molar-refractivity contribution in [3.63, 3.8) is 0 Å². The third kappa shape index (κ3) is 4.31. The molecule has 10 aromatic carbocycles. The van der Waals surface area contributed by atoms with E-state index in [2.05, 4.69) is 196 Å². The molecule has 1 aliphatic rings. The molecule has 12 rings (SSSR count). The summed E-state index contributed by atoms with van der Waals surface area (Å²) in [5, 5.41) is 12.3. The molecule has 0 atom stereocenters. The summed E-state index contributed by atoms with van der Waals surface area (Å²) in [7, 11) is 0. The molecular weight excluding hydrogens is 677 g/mol. The molecule has 0 saturated heterocycles. The van der Waals surface area contributed by atoms with E-state index in [9.17, 15) is 0 Å². The molecule has 0 spiro atoms. The lowest BCUT2D eigenvalue weighted by atomic mass is 9.80. The van der Waals surface area contributed by atoms with Crippen LogP contribution in [0.3, 0.4) is 0 Å². The van der Waals surface area contributed by atoms with E-state index in [1.807, 2.05) is 0 Å². The topological polar surface area (TPSA) is 13.1 Å². The maximum absolute atomic E-state index is 6.92. The first kappa shape index (κ1) is 31.4. The monoisotopic (exact) mass is 712 g/mol. The Labute approximate surface area is 325 Å². The Hall–Kier alpha value is -6.96. The van der Waals surface area contributed by atoms with Gasteiger partial charge in [0.1, 0.15) is 11.2 Å².